The van der Waals surface area contributed by atoms with Crippen molar-refractivity contribution in [3.63, 3.8) is 0 Å². The van der Waals surface area contributed by atoms with E-state index in [1.165, 1.54) is 21.8 Å². The van der Waals surface area contributed by atoms with Crippen LogP contribution in [0.1, 0.15) is 16.2 Å². The van der Waals surface area contributed by atoms with Crippen LogP contribution in [0.3, 0.4) is 0 Å². The second-order valence-corrected chi connectivity index (χ2v) is 5.35. The minimum atomic E-state index is -1.11. The average Bonchev–Trinajstić information content (AvgIpc) is 3.00. The van der Waals surface area contributed by atoms with Crippen molar-refractivity contribution in [2.24, 2.45) is 7.05 Å². The Kier molecular flexibility index (Phi) is 4.41. The molecule has 0 bridgehead atoms. The van der Waals surface area contributed by atoms with Gasteiger partial charge in [0.1, 0.15) is 12.2 Å². The predicted molar refractivity (Wildman–Crippen MR) is 76.6 cm³/mol. The normalized spacial score (nSPS) is 10.6. The maximum atomic E-state index is 12.2. The molecular formula is C12H14BrN5O3. The zero-order valence-electron chi connectivity index (χ0n) is 11.5. The van der Waals surface area contributed by atoms with Crippen LogP contribution in [-0.4, -0.2) is 48.5 Å². The molecule has 0 aliphatic heterocycles. The number of nitrogens with zero attached hydrogens (tertiary/aromatic N) is 5. The first kappa shape index (κ1) is 15.2. The fraction of sp³-hybridized carbons (Fsp3) is 0.333. The van der Waals surface area contributed by atoms with Crippen molar-refractivity contribution in [1.29, 1.82) is 0 Å². The lowest BCUT2D eigenvalue weighted by Gasteiger charge is -2.18. The summed E-state index contributed by atoms with van der Waals surface area (Å²) in [5.74, 6) is -1.35. The van der Waals surface area contributed by atoms with Crippen molar-refractivity contribution in [2.75, 3.05) is 7.05 Å². The molecule has 2 heterocycles. The Bertz CT molecular complexity index is 659. The summed E-state index contributed by atoms with van der Waals surface area (Å²) in [6.07, 6.45) is 3.01. The summed E-state index contributed by atoms with van der Waals surface area (Å²) in [5.41, 5.74) is 0.836. The maximum absolute atomic E-state index is 12.2. The number of carboxylic acids is 1. The Hall–Kier alpha value is -2.16. The van der Waals surface area contributed by atoms with Crippen LogP contribution < -0.4 is 0 Å². The molecule has 0 aliphatic carbocycles. The van der Waals surface area contributed by atoms with Crippen LogP contribution in [0.25, 0.3) is 0 Å². The molecule has 0 atom stereocenters. The first-order valence-electron chi connectivity index (χ1n) is 6.05. The van der Waals surface area contributed by atoms with E-state index in [0.29, 0.717) is 6.54 Å². The quantitative estimate of drug-likeness (QED) is 0.853. The van der Waals surface area contributed by atoms with Crippen molar-refractivity contribution in [3.05, 3.63) is 34.3 Å². The number of carbonyl (C=O) groups excluding carboxylic acids is 1. The fourth-order valence-corrected chi connectivity index (χ4v) is 2.29. The molecule has 9 heteroatoms. The highest BCUT2D eigenvalue weighted by Crippen LogP contribution is 2.16. The Labute approximate surface area is 129 Å². The van der Waals surface area contributed by atoms with Crippen LogP contribution in [0.2, 0.25) is 0 Å². The number of hydrogen-bond acceptors (Lipinski definition) is 4. The third kappa shape index (κ3) is 3.30. The van der Waals surface area contributed by atoms with Crippen LogP contribution in [0.4, 0.5) is 0 Å². The first-order valence-corrected chi connectivity index (χ1v) is 6.85. The summed E-state index contributed by atoms with van der Waals surface area (Å²) in [5, 5.41) is 16.9. The topological polar surface area (TPSA) is 93.3 Å². The molecule has 0 fully saturated rings. The minimum Gasteiger partial charge on any atom is -0.477 e. The number of aromatic carboxylic acids is 1. The highest BCUT2D eigenvalue weighted by molar-refractivity contribution is 9.10. The van der Waals surface area contributed by atoms with E-state index in [9.17, 15) is 9.59 Å². The van der Waals surface area contributed by atoms with Crippen LogP contribution in [0, 0.1) is 0 Å². The summed E-state index contributed by atoms with van der Waals surface area (Å²) >= 11 is 3.37. The number of aryl methyl sites for hydroxylation is 1. The van der Waals surface area contributed by atoms with Crippen LogP contribution >= 0.6 is 15.9 Å². The van der Waals surface area contributed by atoms with Crippen molar-refractivity contribution in [2.45, 2.75) is 13.1 Å². The summed E-state index contributed by atoms with van der Waals surface area (Å²) < 4.78 is 3.65. The molecule has 0 aromatic carbocycles. The zero-order chi connectivity index (χ0) is 15.6. The van der Waals surface area contributed by atoms with Gasteiger partial charge in [-0.15, -0.1) is 0 Å². The molecule has 21 heavy (non-hydrogen) atoms. The molecule has 1 amide bonds. The molecule has 8 nitrogen and oxygen atoms in total. The molecule has 112 valence electrons. The molecule has 0 aliphatic rings. The summed E-state index contributed by atoms with van der Waals surface area (Å²) in [6.45, 7) is 0.236. The number of amides is 1. The highest BCUT2D eigenvalue weighted by Gasteiger charge is 2.17. The standard InChI is InChI=1S/C12H14BrN5O3/c1-16(6-10-8(13)5-15-17(10)2)11(19)7-18-9(12(20)21)3-4-14-18/h3-5H,6-7H2,1-2H3,(H,20,21). The monoisotopic (exact) mass is 355 g/mol. The Morgan fingerprint density at radius 3 is 2.71 bits per heavy atom. The van der Waals surface area contributed by atoms with Gasteiger partial charge in [0.15, 0.2) is 0 Å². The molecule has 0 saturated carbocycles. The third-order valence-electron chi connectivity index (χ3n) is 3.04. The number of likely N-dealkylation sites (N-methyl/N-ethyl adjacent to an activating group) is 1. The smallest absolute Gasteiger partial charge is 0.354 e. The SMILES string of the molecule is CN(Cc1c(Br)cnn1C)C(=O)Cn1nccc1C(=O)O. The molecule has 2 aromatic heterocycles. The average molecular weight is 356 g/mol. The van der Waals surface area contributed by atoms with E-state index in [1.807, 2.05) is 0 Å². The van der Waals surface area contributed by atoms with Crippen molar-refractivity contribution in [1.82, 2.24) is 24.5 Å². The summed E-state index contributed by atoms with van der Waals surface area (Å²) in [6, 6.07) is 1.35. The van der Waals surface area contributed by atoms with E-state index in [4.69, 9.17) is 5.11 Å². The van der Waals surface area contributed by atoms with Crippen LogP contribution in [0.5, 0.6) is 0 Å². The summed E-state index contributed by atoms with van der Waals surface area (Å²) in [4.78, 5) is 24.6. The fourth-order valence-electron chi connectivity index (χ4n) is 1.82. The number of hydrogen-bond donors (Lipinski definition) is 1. The zero-order valence-corrected chi connectivity index (χ0v) is 13.1. The van der Waals surface area contributed by atoms with E-state index in [0.717, 1.165) is 10.2 Å². The van der Waals surface area contributed by atoms with E-state index in [2.05, 4.69) is 26.1 Å². The van der Waals surface area contributed by atoms with E-state index < -0.39 is 5.97 Å². The molecule has 0 spiro atoms. The lowest BCUT2D eigenvalue weighted by Crippen LogP contribution is -2.31. The Balaban J connectivity index is 2.06. The van der Waals surface area contributed by atoms with Crippen molar-refractivity contribution in [3.8, 4) is 0 Å². The number of carboxylic acid groups (broad SMARTS) is 1. The lowest BCUT2D eigenvalue weighted by molar-refractivity contribution is -0.131. The van der Waals surface area contributed by atoms with Gasteiger partial charge in [-0.25, -0.2) is 9.48 Å². The predicted octanol–water partition coefficient (Wildman–Crippen LogP) is 0.736. The molecule has 0 unspecified atom stereocenters. The number of halogens is 1. The second-order valence-electron chi connectivity index (χ2n) is 4.49. The lowest BCUT2D eigenvalue weighted by atomic mass is 10.3. The first-order chi connectivity index (χ1) is 9.90. The molecule has 0 saturated heterocycles. The van der Waals surface area contributed by atoms with Gasteiger partial charge in [0.2, 0.25) is 5.91 Å². The van der Waals surface area contributed by atoms with E-state index in [1.54, 1.807) is 25.0 Å². The van der Waals surface area contributed by atoms with Gasteiger partial charge >= 0.3 is 5.97 Å². The van der Waals surface area contributed by atoms with Gasteiger partial charge in [0, 0.05) is 20.3 Å². The Morgan fingerprint density at radius 2 is 2.14 bits per heavy atom. The van der Waals surface area contributed by atoms with Gasteiger partial charge in [-0.1, -0.05) is 0 Å². The second kappa shape index (κ2) is 6.08. The van der Waals surface area contributed by atoms with Gasteiger partial charge < -0.3 is 10.0 Å². The molecule has 1 N–H and O–H groups in total. The molecule has 2 aromatic rings. The molecule has 0 radical (unpaired) electrons. The highest BCUT2D eigenvalue weighted by atomic mass is 79.9. The minimum absolute atomic E-state index is 0.0153. The summed E-state index contributed by atoms with van der Waals surface area (Å²) in [7, 11) is 3.43. The number of rotatable bonds is 5. The van der Waals surface area contributed by atoms with Crippen LogP contribution in [-0.2, 0) is 24.9 Å². The number of carbonyl (C=O) groups is 2. The largest absolute Gasteiger partial charge is 0.477 e. The van der Waals surface area contributed by atoms with Gasteiger partial charge in [-0.05, 0) is 22.0 Å². The maximum Gasteiger partial charge on any atom is 0.354 e. The molecular weight excluding hydrogens is 342 g/mol. The van der Waals surface area contributed by atoms with Gasteiger partial charge in [-0.2, -0.15) is 10.2 Å². The van der Waals surface area contributed by atoms with Gasteiger partial charge in [0.25, 0.3) is 0 Å². The van der Waals surface area contributed by atoms with E-state index in [-0.39, 0.29) is 18.1 Å². The van der Waals surface area contributed by atoms with Crippen molar-refractivity contribution < 1.29 is 14.7 Å². The van der Waals surface area contributed by atoms with Crippen LogP contribution in [0.15, 0.2) is 22.9 Å². The Morgan fingerprint density at radius 1 is 1.43 bits per heavy atom. The van der Waals surface area contributed by atoms with E-state index >= 15 is 0 Å². The number of aromatic nitrogens is 4. The van der Waals surface area contributed by atoms with Gasteiger partial charge in [0.05, 0.1) is 22.9 Å². The van der Waals surface area contributed by atoms with Gasteiger partial charge in [-0.3, -0.25) is 9.48 Å². The molecule has 2 rings (SSSR count). The third-order valence-corrected chi connectivity index (χ3v) is 3.71. The van der Waals surface area contributed by atoms with Crippen molar-refractivity contribution >= 4 is 27.8 Å².